The molecule has 3 aromatic rings. The number of amides is 1. The average Bonchev–Trinajstić information content (AvgIpc) is 3.00. The second-order valence-corrected chi connectivity index (χ2v) is 8.32. The van der Waals surface area contributed by atoms with Crippen LogP contribution in [-0.2, 0) is 26.3 Å². The molecule has 1 amide bonds. The molecule has 146 valence electrons. The molecule has 3 aliphatic rings. The van der Waals surface area contributed by atoms with Crippen molar-refractivity contribution < 1.29 is 9.18 Å². The highest BCUT2D eigenvalue weighted by molar-refractivity contribution is 6.01. The first kappa shape index (κ1) is 16.9. The molecule has 0 aromatic carbocycles. The summed E-state index contributed by atoms with van der Waals surface area (Å²) < 4.78 is 15.4. The first-order chi connectivity index (χ1) is 14.0. The van der Waals surface area contributed by atoms with Gasteiger partial charge in [-0.3, -0.25) is 9.78 Å². The van der Waals surface area contributed by atoms with Gasteiger partial charge in [0, 0.05) is 55.8 Å². The number of aryl methyl sites for hydroxylation is 1. The van der Waals surface area contributed by atoms with Crippen molar-refractivity contribution in [1.82, 2.24) is 25.2 Å². The second kappa shape index (κ2) is 5.73. The van der Waals surface area contributed by atoms with Gasteiger partial charge < -0.3 is 15.2 Å². The molecule has 0 bridgehead atoms. The summed E-state index contributed by atoms with van der Waals surface area (Å²) in [5.74, 6) is -0.459. The number of fused-ring (bicyclic) bond motifs is 5. The number of aromatic nitrogens is 3. The molecule has 6 rings (SSSR count). The van der Waals surface area contributed by atoms with Gasteiger partial charge >= 0.3 is 0 Å². The zero-order valence-corrected chi connectivity index (χ0v) is 16.1. The number of carbonyl (C=O) groups excluding carboxylic acids is 1. The molecule has 6 nitrogen and oxygen atoms in total. The Bertz CT molecular complexity index is 1180. The number of nitrogens with zero attached hydrogens (tertiary/aromatic N) is 3. The van der Waals surface area contributed by atoms with Gasteiger partial charge in [-0.05, 0) is 42.2 Å². The molecular formula is C22H20FN5O. The molecule has 1 aliphatic carbocycles. The van der Waals surface area contributed by atoms with E-state index in [0.717, 1.165) is 71.7 Å². The fourth-order valence-electron chi connectivity index (χ4n) is 5.02. The van der Waals surface area contributed by atoms with Crippen molar-refractivity contribution >= 4 is 5.91 Å². The molecule has 2 N–H and O–H groups in total. The van der Waals surface area contributed by atoms with Gasteiger partial charge in [-0.25, -0.2) is 4.98 Å². The Labute approximate surface area is 167 Å². The largest absolute Gasteiger partial charge is 0.347 e. The monoisotopic (exact) mass is 389 g/mol. The predicted molar refractivity (Wildman–Crippen MR) is 106 cm³/mol. The van der Waals surface area contributed by atoms with Crippen molar-refractivity contribution in [2.24, 2.45) is 7.05 Å². The van der Waals surface area contributed by atoms with Crippen LogP contribution in [0.5, 0.6) is 0 Å². The highest BCUT2D eigenvalue weighted by atomic mass is 19.1. The van der Waals surface area contributed by atoms with E-state index in [4.69, 9.17) is 0 Å². The van der Waals surface area contributed by atoms with Gasteiger partial charge in [-0.2, -0.15) is 4.39 Å². The predicted octanol–water partition coefficient (Wildman–Crippen LogP) is 2.01. The third kappa shape index (κ3) is 2.34. The Balaban J connectivity index is 1.52. The van der Waals surface area contributed by atoms with Gasteiger partial charge in [0.25, 0.3) is 5.91 Å². The molecule has 5 heterocycles. The Hall–Kier alpha value is -3.06. The van der Waals surface area contributed by atoms with Crippen molar-refractivity contribution in [1.29, 1.82) is 0 Å². The van der Waals surface area contributed by atoms with Gasteiger partial charge in [-0.1, -0.05) is 0 Å². The minimum atomic E-state index is -0.505. The van der Waals surface area contributed by atoms with Crippen molar-refractivity contribution in [2.75, 3.05) is 13.1 Å². The lowest BCUT2D eigenvalue weighted by atomic mass is 9.81. The lowest BCUT2D eigenvalue weighted by Crippen LogP contribution is -2.71. The van der Waals surface area contributed by atoms with E-state index in [1.807, 2.05) is 12.3 Å². The minimum absolute atomic E-state index is 0.0464. The van der Waals surface area contributed by atoms with Crippen LogP contribution in [0.3, 0.4) is 0 Å². The third-order valence-corrected chi connectivity index (χ3v) is 6.56. The molecule has 2 aliphatic heterocycles. The Kier molecular flexibility index (Phi) is 3.33. The molecule has 0 atom stereocenters. The molecular weight excluding hydrogens is 369 g/mol. The fourth-order valence-corrected chi connectivity index (χ4v) is 5.02. The molecule has 7 heteroatoms. The van der Waals surface area contributed by atoms with E-state index in [0.29, 0.717) is 0 Å². The Morgan fingerprint density at radius 1 is 1.17 bits per heavy atom. The van der Waals surface area contributed by atoms with Crippen molar-refractivity contribution in [2.45, 2.75) is 24.8 Å². The minimum Gasteiger partial charge on any atom is -0.347 e. The van der Waals surface area contributed by atoms with Crippen molar-refractivity contribution in [3.63, 3.8) is 0 Å². The Morgan fingerprint density at radius 3 is 2.76 bits per heavy atom. The van der Waals surface area contributed by atoms with Crippen molar-refractivity contribution in [3.8, 4) is 22.5 Å². The van der Waals surface area contributed by atoms with Gasteiger partial charge in [0.1, 0.15) is 0 Å². The van der Waals surface area contributed by atoms with Crippen LogP contribution >= 0.6 is 0 Å². The van der Waals surface area contributed by atoms with Crippen LogP contribution in [-0.4, -0.2) is 39.1 Å². The quantitative estimate of drug-likeness (QED) is 0.625. The average molecular weight is 389 g/mol. The molecule has 1 spiro atoms. The zero-order valence-electron chi connectivity index (χ0n) is 16.1. The van der Waals surface area contributed by atoms with E-state index in [1.165, 1.54) is 17.8 Å². The summed E-state index contributed by atoms with van der Waals surface area (Å²) in [5.41, 5.74) is 7.87. The number of hydrogen-bond acceptors (Lipinski definition) is 4. The molecule has 29 heavy (non-hydrogen) atoms. The van der Waals surface area contributed by atoms with Crippen LogP contribution in [0.25, 0.3) is 22.5 Å². The van der Waals surface area contributed by atoms with E-state index in [2.05, 4.69) is 32.2 Å². The third-order valence-electron chi connectivity index (χ3n) is 6.56. The SMILES string of the molecule is Cn1c2c(c3c1-c1cc(-c4ccc(F)nc4)ncc1CC3)C(=O)NC1(CNC1)C2. The van der Waals surface area contributed by atoms with Gasteiger partial charge in [-0.15, -0.1) is 0 Å². The summed E-state index contributed by atoms with van der Waals surface area (Å²) in [5, 5.41) is 6.53. The molecule has 1 saturated heterocycles. The lowest BCUT2D eigenvalue weighted by molar-refractivity contribution is 0.0824. The van der Waals surface area contributed by atoms with Crippen LogP contribution < -0.4 is 10.6 Å². The van der Waals surface area contributed by atoms with E-state index < -0.39 is 5.95 Å². The molecule has 0 saturated carbocycles. The van der Waals surface area contributed by atoms with E-state index in [1.54, 1.807) is 6.07 Å². The lowest BCUT2D eigenvalue weighted by Gasteiger charge is -2.45. The van der Waals surface area contributed by atoms with Crippen LogP contribution in [0.15, 0.2) is 30.6 Å². The number of rotatable bonds is 1. The summed E-state index contributed by atoms with van der Waals surface area (Å²) in [4.78, 5) is 21.3. The molecule has 0 unspecified atom stereocenters. The zero-order chi connectivity index (χ0) is 19.8. The second-order valence-electron chi connectivity index (χ2n) is 8.32. The molecule has 3 aromatic heterocycles. The molecule has 1 fully saturated rings. The van der Waals surface area contributed by atoms with E-state index in [9.17, 15) is 9.18 Å². The van der Waals surface area contributed by atoms with Crippen LogP contribution in [0, 0.1) is 5.95 Å². The highest BCUT2D eigenvalue weighted by Gasteiger charge is 2.46. The summed E-state index contributed by atoms with van der Waals surface area (Å²) in [6.07, 6.45) is 5.95. The maximum Gasteiger partial charge on any atom is 0.253 e. The van der Waals surface area contributed by atoms with E-state index in [-0.39, 0.29) is 11.4 Å². The first-order valence-electron chi connectivity index (χ1n) is 9.89. The maximum absolute atomic E-state index is 13.2. The summed E-state index contributed by atoms with van der Waals surface area (Å²) in [7, 11) is 2.06. The van der Waals surface area contributed by atoms with Gasteiger partial charge in [0.05, 0.1) is 22.5 Å². The number of nitrogens with one attached hydrogen (secondary N) is 2. The smallest absolute Gasteiger partial charge is 0.253 e. The Morgan fingerprint density at radius 2 is 2.03 bits per heavy atom. The summed E-state index contributed by atoms with van der Waals surface area (Å²) in [6, 6.07) is 5.09. The standard InChI is InChI=1S/C22H20FN5O/c1-28-17-7-22(10-24-11-22)27-21(29)19(17)14-4-2-12-8-25-16(6-15(12)20(14)28)13-3-5-18(23)26-9-13/h3,5-6,8-9,24H,2,4,7,10-11H2,1H3,(H,27,29). The van der Waals surface area contributed by atoms with Gasteiger partial charge in [0.15, 0.2) is 0 Å². The summed E-state index contributed by atoms with van der Waals surface area (Å²) in [6.45, 7) is 1.63. The number of hydrogen-bond donors (Lipinski definition) is 2. The van der Waals surface area contributed by atoms with Gasteiger partial charge in [0.2, 0.25) is 5.95 Å². The number of carbonyl (C=O) groups is 1. The van der Waals surface area contributed by atoms with Crippen LogP contribution in [0.1, 0.15) is 27.2 Å². The van der Waals surface area contributed by atoms with E-state index >= 15 is 0 Å². The normalized spacial score (nSPS) is 18.5. The molecule has 0 radical (unpaired) electrons. The van der Waals surface area contributed by atoms with Crippen LogP contribution in [0.4, 0.5) is 4.39 Å². The number of halogens is 1. The summed E-state index contributed by atoms with van der Waals surface area (Å²) >= 11 is 0. The highest BCUT2D eigenvalue weighted by Crippen LogP contribution is 2.42. The van der Waals surface area contributed by atoms with Crippen molar-refractivity contribution in [3.05, 3.63) is 58.9 Å². The fraction of sp³-hybridized carbons (Fsp3) is 0.318. The topological polar surface area (TPSA) is 71.8 Å². The maximum atomic E-state index is 13.2. The number of pyridine rings is 2. The first-order valence-corrected chi connectivity index (χ1v) is 9.89. The van der Waals surface area contributed by atoms with Crippen LogP contribution in [0.2, 0.25) is 0 Å².